The lowest BCUT2D eigenvalue weighted by Crippen LogP contribution is -2.53. The number of aromatic nitrogens is 1. The first-order valence-corrected chi connectivity index (χ1v) is 6.37. The normalized spacial score (nSPS) is 21.6. The maximum absolute atomic E-state index is 4.02. The summed E-state index contributed by atoms with van der Waals surface area (Å²) < 4.78 is 0. The van der Waals surface area contributed by atoms with Gasteiger partial charge in [0.25, 0.3) is 0 Å². The molecule has 0 spiro atoms. The predicted octanol–water partition coefficient (Wildman–Crippen LogP) is 0.117. The molecule has 0 saturated carbocycles. The standard InChI is InChI=1S/C13H22N4/c1-17-9-8-16-11-13(17)10-15-7-4-12-2-5-14-6-3-12/h2-3,5-6,13,15-16H,4,7-11H2,1H3. The third kappa shape index (κ3) is 4.07. The number of rotatable bonds is 5. The fourth-order valence-corrected chi connectivity index (χ4v) is 2.14. The van der Waals surface area contributed by atoms with Crippen molar-refractivity contribution in [3.63, 3.8) is 0 Å². The first-order valence-electron chi connectivity index (χ1n) is 6.37. The van der Waals surface area contributed by atoms with Crippen LogP contribution in [0.3, 0.4) is 0 Å². The maximum Gasteiger partial charge on any atom is 0.0342 e. The Morgan fingerprint density at radius 3 is 3.06 bits per heavy atom. The van der Waals surface area contributed by atoms with E-state index in [1.807, 2.05) is 12.4 Å². The molecule has 1 aliphatic rings. The van der Waals surface area contributed by atoms with Crippen molar-refractivity contribution in [1.82, 2.24) is 20.5 Å². The van der Waals surface area contributed by atoms with Crippen LogP contribution in [0.2, 0.25) is 0 Å². The second-order valence-corrected chi connectivity index (χ2v) is 4.65. The number of hydrogen-bond acceptors (Lipinski definition) is 4. The number of nitrogens with one attached hydrogen (secondary N) is 2. The zero-order chi connectivity index (χ0) is 11.9. The van der Waals surface area contributed by atoms with Gasteiger partial charge in [0.2, 0.25) is 0 Å². The van der Waals surface area contributed by atoms with Crippen LogP contribution in [0.25, 0.3) is 0 Å². The van der Waals surface area contributed by atoms with E-state index < -0.39 is 0 Å². The van der Waals surface area contributed by atoms with Gasteiger partial charge < -0.3 is 10.6 Å². The second kappa shape index (κ2) is 6.69. The molecule has 4 nitrogen and oxygen atoms in total. The number of pyridine rings is 1. The quantitative estimate of drug-likeness (QED) is 0.710. The molecule has 2 N–H and O–H groups in total. The van der Waals surface area contributed by atoms with Crippen molar-refractivity contribution in [2.75, 3.05) is 39.8 Å². The number of piperazine rings is 1. The molecular weight excluding hydrogens is 212 g/mol. The molecule has 1 aromatic rings. The lowest BCUT2D eigenvalue weighted by atomic mass is 10.2. The molecule has 2 rings (SSSR count). The monoisotopic (exact) mass is 234 g/mol. The molecule has 1 aromatic heterocycles. The Labute approximate surface area is 103 Å². The zero-order valence-corrected chi connectivity index (χ0v) is 10.5. The SMILES string of the molecule is CN1CCNCC1CNCCc1ccncc1. The van der Waals surface area contributed by atoms with Crippen molar-refractivity contribution in [3.8, 4) is 0 Å². The Morgan fingerprint density at radius 1 is 1.47 bits per heavy atom. The van der Waals surface area contributed by atoms with Crippen LogP contribution in [0.1, 0.15) is 5.56 Å². The van der Waals surface area contributed by atoms with Gasteiger partial charge >= 0.3 is 0 Å². The highest BCUT2D eigenvalue weighted by molar-refractivity contribution is 5.09. The molecule has 4 heteroatoms. The van der Waals surface area contributed by atoms with Crippen LogP contribution in [0, 0.1) is 0 Å². The summed E-state index contributed by atoms with van der Waals surface area (Å²) in [6.45, 7) is 5.46. The van der Waals surface area contributed by atoms with Crippen LogP contribution >= 0.6 is 0 Å². The predicted molar refractivity (Wildman–Crippen MR) is 70.1 cm³/mol. The Balaban J connectivity index is 1.63. The molecule has 1 unspecified atom stereocenters. The summed E-state index contributed by atoms with van der Waals surface area (Å²) in [5.41, 5.74) is 1.35. The molecular formula is C13H22N4. The van der Waals surface area contributed by atoms with E-state index in [4.69, 9.17) is 0 Å². The van der Waals surface area contributed by atoms with Gasteiger partial charge in [-0.25, -0.2) is 0 Å². The second-order valence-electron chi connectivity index (χ2n) is 4.65. The van der Waals surface area contributed by atoms with Gasteiger partial charge in [0.15, 0.2) is 0 Å². The molecule has 1 atom stereocenters. The lowest BCUT2D eigenvalue weighted by molar-refractivity contribution is 0.196. The van der Waals surface area contributed by atoms with E-state index in [1.54, 1.807) is 0 Å². The topological polar surface area (TPSA) is 40.2 Å². The Kier molecular flexibility index (Phi) is 4.91. The largest absolute Gasteiger partial charge is 0.315 e. The van der Waals surface area contributed by atoms with Crippen molar-refractivity contribution in [2.45, 2.75) is 12.5 Å². The Hall–Kier alpha value is -0.970. The van der Waals surface area contributed by atoms with E-state index in [-0.39, 0.29) is 0 Å². The molecule has 0 aliphatic carbocycles. The molecule has 17 heavy (non-hydrogen) atoms. The molecule has 0 amide bonds. The van der Waals surface area contributed by atoms with E-state index in [2.05, 4.69) is 39.7 Å². The maximum atomic E-state index is 4.02. The lowest BCUT2D eigenvalue weighted by Gasteiger charge is -2.33. The van der Waals surface area contributed by atoms with E-state index in [0.717, 1.165) is 39.1 Å². The fourth-order valence-electron chi connectivity index (χ4n) is 2.14. The van der Waals surface area contributed by atoms with Crippen molar-refractivity contribution >= 4 is 0 Å². The highest BCUT2D eigenvalue weighted by atomic mass is 15.2. The van der Waals surface area contributed by atoms with Gasteiger partial charge in [0.05, 0.1) is 0 Å². The minimum atomic E-state index is 0.626. The highest BCUT2D eigenvalue weighted by Gasteiger charge is 2.17. The summed E-state index contributed by atoms with van der Waals surface area (Å²) in [6, 6.07) is 4.78. The Bertz CT molecular complexity index is 314. The fraction of sp³-hybridized carbons (Fsp3) is 0.615. The molecule has 1 saturated heterocycles. The van der Waals surface area contributed by atoms with Crippen molar-refractivity contribution in [2.24, 2.45) is 0 Å². The van der Waals surface area contributed by atoms with Crippen molar-refractivity contribution in [1.29, 1.82) is 0 Å². The van der Waals surface area contributed by atoms with Gasteiger partial charge in [-0.05, 0) is 37.7 Å². The van der Waals surface area contributed by atoms with Crippen LogP contribution in [-0.4, -0.2) is 55.7 Å². The molecule has 94 valence electrons. The third-order valence-corrected chi connectivity index (χ3v) is 3.36. The first-order chi connectivity index (χ1) is 8.36. The summed E-state index contributed by atoms with van der Waals surface area (Å²) in [7, 11) is 2.20. The van der Waals surface area contributed by atoms with Crippen LogP contribution < -0.4 is 10.6 Å². The van der Waals surface area contributed by atoms with Crippen molar-refractivity contribution < 1.29 is 0 Å². The van der Waals surface area contributed by atoms with Gasteiger partial charge in [0.1, 0.15) is 0 Å². The summed E-state index contributed by atoms with van der Waals surface area (Å²) in [4.78, 5) is 6.45. The third-order valence-electron chi connectivity index (χ3n) is 3.36. The van der Waals surface area contributed by atoms with Crippen LogP contribution in [0.4, 0.5) is 0 Å². The number of hydrogen-bond donors (Lipinski definition) is 2. The van der Waals surface area contributed by atoms with E-state index in [0.29, 0.717) is 6.04 Å². The average Bonchev–Trinajstić information content (AvgIpc) is 2.38. The highest BCUT2D eigenvalue weighted by Crippen LogP contribution is 1.99. The van der Waals surface area contributed by atoms with Gasteiger partial charge in [-0.2, -0.15) is 0 Å². The van der Waals surface area contributed by atoms with Crippen molar-refractivity contribution in [3.05, 3.63) is 30.1 Å². The Morgan fingerprint density at radius 2 is 2.29 bits per heavy atom. The smallest absolute Gasteiger partial charge is 0.0342 e. The number of likely N-dealkylation sites (N-methyl/N-ethyl adjacent to an activating group) is 1. The molecule has 1 fully saturated rings. The van der Waals surface area contributed by atoms with Crippen LogP contribution in [0.15, 0.2) is 24.5 Å². The summed E-state index contributed by atoms with van der Waals surface area (Å²) in [6.07, 6.45) is 4.79. The van der Waals surface area contributed by atoms with E-state index in [1.165, 1.54) is 5.56 Å². The van der Waals surface area contributed by atoms with E-state index >= 15 is 0 Å². The van der Waals surface area contributed by atoms with Gasteiger partial charge in [-0.1, -0.05) is 0 Å². The molecule has 0 bridgehead atoms. The average molecular weight is 234 g/mol. The minimum absolute atomic E-state index is 0.626. The zero-order valence-electron chi connectivity index (χ0n) is 10.5. The van der Waals surface area contributed by atoms with Crippen LogP contribution in [0.5, 0.6) is 0 Å². The summed E-state index contributed by atoms with van der Waals surface area (Å²) >= 11 is 0. The van der Waals surface area contributed by atoms with Crippen LogP contribution in [-0.2, 0) is 6.42 Å². The van der Waals surface area contributed by atoms with Gasteiger partial charge in [0, 0.05) is 44.6 Å². The molecule has 1 aliphatic heterocycles. The van der Waals surface area contributed by atoms with E-state index in [9.17, 15) is 0 Å². The van der Waals surface area contributed by atoms with Gasteiger partial charge in [-0.3, -0.25) is 9.88 Å². The number of nitrogens with zero attached hydrogens (tertiary/aromatic N) is 2. The molecule has 2 heterocycles. The summed E-state index contributed by atoms with van der Waals surface area (Å²) in [5.74, 6) is 0. The molecule has 0 radical (unpaired) electrons. The minimum Gasteiger partial charge on any atom is -0.315 e. The first kappa shape index (κ1) is 12.5. The van der Waals surface area contributed by atoms with Gasteiger partial charge in [-0.15, -0.1) is 0 Å². The molecule has 0 aromatic carbocycles. The summed E-state index contributed by atoms with van der Waals surface area (Å²) in [5, 5.41) is 6.97.